The van der Waals surface area contributed by atoms with Gasteiger partial charge in [0.25, 0.3) is 0 Å². The zero-order valence-electron chi connectivity index (χ0n) is 10.7. The lowest BCUT2D eigenvalue weighted by Gasteiger charge is -2.18. The number of hydrogen-bond donors (Lipinski definition) is 0. The Morgan fingerprint density at radius 1 is 1.32 bits per heavy atom. The van der Waals surface area contributed by atoms with Crippen molar-refractivity contribution in [3.05, 3.63) is 53.2 Å². The van der Waals surface area contributed by atoms with Crippen molar-refractivity contribution >= 4 is 17.4 Å². The van der Waals surface area contributed by atoms with Crippen molar-refractivity contribution in [3.8, 4) is 0 Å². The van der Waals surface area contributed by atoms with Crippen molar-refractivity contribution in [1.82, 2.24) is 0 Å². The van der Waals surface area contributed by atoms with Crippen molar-refractivity contribution < 1.29 is 14.3 Å². The summed E-state index contributed by atoms with van der Waals surface area (Å²) >= 11 is 0. The van der Waals surface area contributed by atoms with Crippen LogP contribution in [0.25, 0.3) is 0 Å². The molecule has 2 rings (SSSR count). The molecule has 0 saturated heterocycles. The van der Waals surface area contributed by atoms with Crippen LogP contribution in [0.3, 0.4) is 0 Å². The van der Waals surface area contributed by atoms with Gasteiger partial charge in [0, 0.05) is 18.9 Å². The van der Waals surface area contributed by atoms with Gasteiger partial charge in [0.05, 0.1) is 5.57 Å². The number of Topliss-reactive ketones (excluding diaryl/α,β-unsaturated/α-hetero) is 1. The highest BCUT2D eigenvalue weighted by Crippen LogP contribution is 2.16. The van der Waals surface area contributed by atoms with Gasteiger partial charge in [-0.25, -0.2) is 4.79 Å². The summed E-state index contributed by atoms with van der Waals surface area (Å²) in [6, 6.07) is 7.17. The molecule has 0 amide bonds. The topological polar surface area (TPSA) is 55.7 Å². The third-order valence-corrected chi connectivity index (χ3v) is 2.90. The Hall–Kier alpha value is -2.29. The quantitative estimate of drug-likeness (QED) is 0.612. The van der Waals surface area contributed by atoms with E-state index >= 15 is 0 Å². The molecule has 1 heterocycles. The zero-order chi connectivity index (χ0) is 13.8. The lowest BCUT2D eigenvalue weighted by Crippen LogP contribution is -2.33. The molecule has 1 aliphatic rings. The van der Waals surface area contributed by atoms with E-state index < -0.39 is 6.10 Å². The summed E-state index contributed by atoms with van der Waals surface area (Å²) < 4.78 is 5.17. The molecule has 96 valence electrons. The minimum absolute atomic E-state index is 0.201. The van der Waals surface area contributed by atoms with Gasteiger partial charge in [0.1, 0.15) is 17.8 Å². The Labute approximate surface area is 111 Å². The molecular weight excluding hydrogens is 242 g/mol. The van der Waals surface area contributed by atoms with Crippen LogP contribution >= 0.6 is 0 Å². The highest BCUT2D eigenvalue weighted by molar-refractivity contribution is 6.48. The van der Waals surface area contributed by atoms with Gasteiger partial charge in [-0.2, -0.15) is 0 Å². The fourth-order valence-corrected chi connectivity index (χ4v) is 1.86. The predicted octanol–water partition coefficient (Wildman–Crippen LogP) is 1.92. The predicted molar refractivity (Wildman–Crippen MR) is 72.1 cm³/mol. The average Bonchev–Trinajstić information content (AvgIpc) is 2.46. The lowest BCUT2D eigenvalue weighted by atomic mass is 9.96. The van der Waals surface area contributed by atoms with Crippen molar-refractivity contribution in [2.24, 2.45) is 4.99 Å². The number of methoxy groups -OCH3 is 1. The zero-order valence-corrected chi connectivity index (χ0v) is 10.7. The molecular formula is C15H13NO3. The molecule has 4 nitrogen and oxygen atoms in total. The second kappa shape index (κ2) is 5.57. The Morgan fingerprint density at radius 2 is 2.00 bits per heavy atom. The van der Waals surface area contributed by atoms with Gasteiger partial charge in [-0.05, 0) is 13.0 Å². The van der Waals surface area contributed by atoms with Crippen LogP contribution in [-0.4, -0.2) is 30.7 Å². The summed E-state index contributed by atoms with van der Waals surface area (Å²) in [5.41, 5.74) is 2.06. The molecule has 1 aromatic carbocycles. The first-order valence-electron chi connectivity index (χ1n) is 5.80. The Bertz CT molecular complexity index is 605. The summed E-state index contributed by atoms with van der Waals surface area (Å²) in [6.45, 7) is 1.94. The third-order valence-electron chi connectivity index (χ3n) is 2.90. The maximum Gasteiger partial charge on any atom is 0.210 e. The molecule has 1 aromatic rings. The molecule has 4 heteroatoms. The van der Waals surface area contributed by atoms with Gasteiger partial charge >= 0.3 is 0 Å². The van der Waals surface area contributed by atoms with Crippen molar-refractivity contribution in [2.75, 3.05) is 7.11 Å². The van der Waals surface area contributed by atoms with Gasteiger partial charge in [-0.15, -0.1) is 0 Å². The van der Waals surface area contributed by atoms with Crippen LogP contribution in [0.4, 0.5) is 0 Å². The van der Waals surface area contributed by atoms with Gasteiger partial charge in [-0.1, -0.05) is 29.8 Å². The second-order valence-electron chi connectivity index (χ2n) is 4.20. The van der Waals surface area contributed by atoms with E-state index in [4.69, 9.17) is 4.74 Å². The number of aliphatic imine (C=N–C) groups is 1. The lowest BCUT2D eigenvalue weighted by molar-refractivity contribution is 0.104. The number of ether oxygens (including phenoxy) is 1. The molecule has 0 aliphatic carbocycles. The number of benzene rings is 1. The number of rotatable bonds is 3. The minimum atomic E-state index is -0.753. The van der Waals surface area contributed by atoms with Crippen LogP contribution in [0.2, 0.25) is 0 Å². The number of carbonyl (C=O) groups is 1. The minimum Gasteiger partial charge on any atom is -0.369 e. The van der Waals surface area contributed by atoms with Crippen LogP contribution < -0.4 is 0 Å². The van der Waals surface area contributed by atoms with Crippen molar-refractivity contribution in [1.29, 1.82) is 0 Å². The standard InChI is InChI=1S/C15H13NO3/c1-10-3-5-11(6-4-10)14(18)13-15(19-2)12(9-17)7-8-16-13/h3-8,15H,1-2H3. The first-order valence-corrected chi connectivity index (χ1v) is 5.80. The fraction of sp³-hybridized carbons (Fsp3) is 0.200. The number of hydrogen-bond acceptors (Lipinski definition) is 4. The molecule has 1 unspecified atom stereocenters. The normalized spacial score (nSPS) is 17.9. The monoisotopic (exact) mass is 255 g/mol. The molecule has 1 atom stereocenters. The van der Waals surface area contributed by atoms with E-state index in [-0.39, 0.29) is 17.1 Å². The number of carbonyl (C=O) groups excluding carboxylic acids is 2. The first-order chi connectivity index (χ1) is 9.17. The van der Waals surface area contributed by atoms with Gasteiger partial charge < -0.3 is 4.74 Å². The van der Waals surface area contributed by atoms with Crippen LogP contribution in [0.15, 0.2) is 47.1 Å². The molecule has 0 bridgehead atoms. The fourth-order valence-electron chi connectivity index (χ4n) is 1.86. The van der Waals surface area contributed by atoms with E-state index in [0.29, 0.717) is 5.56 Å². The maximum atomic E-state index is 12.4. The first kappa shape index (κ1) is 13.1. The molecule has 0 saturated carbocycles. The summed E-state index contributed by atoms with van der Waals surface area (Å²) in [5.74, 6) is 1.53. The number of ketones is 1. The van der Waals surface area contributed by atoms with Crippen LogP contribution in [-0.2, 0) is 9.53 Å². The van der Waals surface area contributed by atoms with Gasteiger partial charge in [0.15, 0.2) is 0 Å². The van der Waals surface area contributed by atoms with Crippen LogP contribution in [0.5, 0.6) is 0 Å². The SMILES string of the molecule is COC1C(=C=O)C=CN=C1C(=O)c1ccc(C)cc1. The van der Waals surface area contributed by atoms with E-state index in [0.717, 1.165) is 5.56 Å². The second-order valence-corrected chi connectivity index (χ2v) is 4.20. The van der Waals surface area contributed by atoms with Gasteiger partial charge in [-0.3, -0.25) is 9.79 Å². The summed E-state index contributed by atoms with van der Waals surface area (Å²) in [7, 11) is 1.43. The summed E-state index contributed by atoms with van der Waals surface area (Å²) in [5, 5.41) is 0. The van der Waals surface area contributed by atoms with E-state index in [9.17, 15) is 9.59 Å². The Balaban J connectivity index is 2.37. The molecule has 0 radical (unpaired) electrons. The molecule has 0 spiro atoms. The highest BCUT2D eigenvalue weighted by atomic mass is 16.5. The molecule has 19 heavy (non-hydrogen) atoms. The van der Waals surface area contributed by atoms with E-state index in [1.807, 2.05) is 19.1 Å². The Morgan fingerprint density at radius 3 is 2.58 bits per heavy atom. The van der Waals surface area contributed by atoms with Crippen LogP contribution in [0, 0.1) is 6.92 Å². The van der Waals surface area contributed by atoms with Crippen molar-refractivity contribution in [3.63, 3.8) is 0 Å². The summed E-state index contributed by atoms with van der Waals surface area (Å²) in [6.07, 6.45) is 2.15. The third kappa shape index (κ3) is 2.60. The maximum absolute atomic E-state index is 12.4. The average molecular weight is 255 g/mol. The van der Waals surface area contributed by atoms with E-state index in [2.05, 4.69) is 4.99 Å². The molecule has 0 N–H and O–H groups in total. The highest BCUT2D eigenvalue weighted by Gasteiger charge is 2.28. The Kier molecular flexibility index (Phi) is 3.85. The van der Waals surface area contributed by atoms with Crippen LogP contribution in [0.1, 0.15) is 15.9 Å². The number of nitrogens with zero attached hydrogens (tertiary/aromatic N) is 1. The van der Waals surface area contributed by atoms with Crippen molar-refractivity contribution in [2.45, 2.75) is 13.0 Å². The van der Waals surface area contributed by atoms with E-state index in [1.165, 1.54) is 19.4 Å². The smallest absolute Gasteiger partial charge is 0.210 e. The molecule has 1 aliphatic heterocycles. The van der Waals surface area contributed by atoms with Gasteiger partial charge in [0.2, 0.25) is 5.78 Å². The van der Waals surface area contributed by atoms with E-state index in [1.54, 1.807) is 18.1 Å². The molecule has 0 aromatic heterocycles. The number of aryl methyl sites for hydroxylation is 1. The largest absolute Gasteiger partial charge is 0.369 e. The summed E-state index contributed by atoms with van der Waals surface area (Å²) in [4.78, 5) is 27.2. The molecule has 0 fully saturated rings.